The Morgan fingerprint density at radius 3 is 2.35 bits per heavy atom. The standard InChI is InChI=1S/C24H27ClF3N3O6/c1-4-16(11-12-36-23(33)30(5-2)6-3)29-22(32)18-14-17(8-9-20(18)31(34)35)37-21-10-7-15(13-19(21)25)24(26,27)28/h7-10,13-14,16H,4-6,11-12H2,1-3H3,(H,29,32). The highest BCUT2D eigenvalue weighted by molar-refractivity contribution is 6.32. The SMILES string of the molecule is CCC(CCOC(=O)N(CC)CC)NC(=O)c1cc(Oc2ccc(C(F)(F)F)cc2Cl)ccc1[N+](=O)[O-]. The van der Waals surface area contributed by atoms with Crippen molar-refractivity contribution in [1.82, 2.24) is 10.2 Å². The Hall–Kier alpha value is -3.54. The number of ether oxygens (including phenoxy) is 2. The summed E-state index contributed by atoms with van der Waals surface area (Å²) in [6.45, 7) is 6.43. The maximum absolute atomic E-state index is 12.9. The first-order valence-corrected chi connectivity index (χ1v) is 11.8. The maximum atomic E-state index is 12.9. The molecular weight excluding hydrogens is 519 g/mol. The van der Waals surface area contributed by atoms with Gasteiger partial charge in [-0.3, -0.25) is 14.9 Å². The number of hydrogen-bond donors (Lipinski definition) is 1. The molecular formula is C24H27ClF3N3O6. The van der Waals surface area contributed by atoms with Crippen LogP contribution in [0.4, 0.5) is 23.7 Å². The van der Waals surface area contributed by atoms with Crippen LogP contribution in [0.5, 0.6) is 11.5 Å². The van der Waals surface area contributed by atoms with Gasteiger partial charge >= 0.3 is 12.3 Å². The molecule has 1 atom stereocenters. The summed E-state index contributed by atoms with van der Waals surface area (Å²) in [6.07, 6.45) is -4.34. The molecule has 1 N–H and O–H groups in total. The van der Waals surface area contributed by atoms with Crippen LogP contribution in [0.2, 0.25) is 5.02 Å². The van der Waals surface area contributed by atoms with Gasteiger partial charge in [0.25, 0.3) is 11.6 Å². The van der Waals surface area contributed by atoms with Crippen LogP contribution in [0.15, 0.2) is 36.4 Å². The number of amides is 2. The summed E-state index contributed by atoms with van der Waals surface area (Å²) in [5, 5.41) is 13.9. The third kappa shape index (κ3) is 8.24. The van der Waals surface area contributed by atoms with Gasteiger partial charge in [0.15, 0.2) is 0 Å². The van der Waals surface area contributed by atoms with Crippen molar-refractivity contribution >= 4 is 29.3 Å². The predicted molar refractivity (Wildman–Crippen MR) is 130 cm³/mol. The summed E-state index contributed by atoms with van der Waals surface area (Å²) in [7, 11) is 0. The van der Waals surface area contributed by atoms with Crippen LogP contribution in [-0.2, 0) is 10.9 Å². The van der Waals surface area contributed by atoms with Crippen molar-refractivity contribution in [1.29, 1.82) is 0 Å². The van der Waals surface area contributed by atoms with Gasteiger partial charge in [0, 0.05) is 37.7 Å². The van der Waals surface area contributed by atoms with E-state index in [0.29, 0.717) is 25.6 Å². The fraction of sp³-hybridized carbons (Fsp3) is 0.417. The third-order valence-corrected chi connectivity index (χ3v) is 5.73. The van der Waals surface area contributed by atoms with Crippen LogP contribution in [0, 0.1) is 10.1 Å². The first-order chi connectivity index (χ1) is 17.4. The van der Waals surface area contributed by atoms with Crippen molar-refractivity contribution in [2.24, 2.45) is 0 Å². The number of carbonyl (C=O) groups excluding carboxylic acids is 2. The van der Waals surface area contributed by atoms with E-state index in [1.807, 2.05) is 13.8 Å². The van der Waals surface area contributed by atoms with Gasteiger partial charge in [-0.2, -0.15) is 13.2 Å². The van der Waals surface area contributed by atoms with E-state index in [-0.39, 0.29) is 35.1 Å². The first-order valence-electron chi connectivity index (χ1n) is 11.5. The molecule has 37 heavy (non-hydrogen) atoms. The molecule has 0 spiro atoms. The van der Waals surface area contributed by atoms with E-state index in [0.717, 1.165) is 24.3 Å². The lowest BCUT2D eigenvalue weighted by atomic mass is 10.1. The molecule has 0 aliphatic heterocycles. The summed E-state index contributed by atoms with van der Waals surface area (Å²) in [5.74, 6) is -0.937. The zero-order chi connectivity index (χ0) is 27.8. The zero-order valence-corrected chi connectivity index (χ0v) is 21.2. The molecule has 0 bridgehead atoms. The van der Waals surface area contributed by atoms with Crippen LogP contribution in [0.3, 0.4) is 0 Å². The summed E-state index contributed by atoms with van der Waals surface area (Å²) in [6, 6.07) is 5.38. The number of benzene rings is 2. The lowest BCUT2D eigenvalue weighted by Crippen LogP contribution is -2.37. The number of rotatable bonds is 11. The molecule has 0 aliphatic carbocycles. The molecule has 2 amide bonds. The van der Waals surface area contributed by atoms with Crippen LogP contribution in [0.1, 0.15) is 49.5 Å². The maximum Gasteiger partial charge on any atom is 0.416 e. The molecule has 13 heteroatoms. The molecule has 0 heterocycles. The molecule has 0 aliphatic rings. The van der Waals surface area contributed by atoms with E-state index in [1.54, 1.807) is 6.92 Å². The minimum absolute atomic E-state index is 0.0335. The van der Waals surface area contributed by atoms with Crippen LogP contribution in [-0.4, -0.2) is 47.6 Å². The number of nitro groups is 1. The minimum atomic E-state index is -4.60. The van der Waals surface area contributed by atoms with Gasteiger partial charge in [-0.1, -0.05) is 18.5 Å². The molecule has 0 saturated carbocycles. The smallest absolute Gasteiger partial charge is 0.416 e. The lowest BCUT2D eigenvalue weighted by molar-refractivity contribution is -0.385. The second kappa shape index (κ2) is 13.1. The molecule has 0 saturated heterocycles. The number of nitrogens with one attached hydrogen (secondary N) is 1. The van der Waals surface area contributed by atoms with Crippen molar-refractivity contribution in [3.63, 3.8) is 0 Å². The number of nitro benzene ring substituents is 1. The first kappa shape index (κ1) is 29.7. The normalized spacial score (nSPS) is 12.0. The number of hydrogen-bond acceptors (Lipinski definition) is 6. The fourth-order valence-electron chi connectivity index (χ4n) is 3.31. The Morgan fingerprint density at radius 1 is 1.14 bits per heavy atom. The monoisotopic (exact) mass is 545 g/mol. The van der Waals surface area contributed by atoms with Crippen LogP contribution >= 0.6 is 11.6 Å². The van der Waals surface area contributed by atoms with Gasteiger partial charge in [-0.15, -0.1) is 0 Å². The topological polar surface area (TPSA) is 111 Å². The summed E-state index contributed by atoms with van der Waals surface area (Å²) < 4.78 is 49.3. The Labute approximate surface area is 216 Å². The fourth-order valence-corrected chi connectivity index (χ4v) is 3.53. The Morgan fingerprint density at radius 2 is 1.81 bits per heavy atom. The molecule has 0 aromatic heterocycles. The molecule has 0 radical (unpaired) electrons. The number of nitrogens with zero attached hydrogens (tertiary/aromatic N) is 2. The summed E-state index contributed by atoms with van der Waals surface area (Å²) >= 11 is 5.91. The highest BCUT2D eigenvalue weighted by atomic mass is 35.5. The summed E-state index contributed by atoms with van der Waals surface area (Å²) in [5.41, 5.74) is -1.78. The third-order valence-electron chi connectivity index (χ3n) is 5.44. The number of carbonyl (C=O) groups is 2. The Balaban J connectivity index is 2.17. The number of halogens is 4. The molecule has 202 valence electrons. The van der Waals surface area contributed by atoms with Gasteiger partial charge < -0.3 is 19.7 Å². The van der Waals surface area contributed by atoms with E-state index in [2.05, 4.69) is 5.32 Å². The second-order valence-corrected chi connectivity index (χ2v) is 8.24. The van der Waals surface area contributed by atoms with Crippen LogP contribution < -0.4 is 10.1 Å². The molecule has 2 rings (SSSR count). The molecule has 1 unspecified atom stereocenters. The number of alkyl halides is 3. The highest BCUT2D eigenvalue weighted by Gasteiger charge is 2.31. The zero-order valence-electron chi connectivity index (χ0n) is 20.4. The van der Waals surface area contributed by atoms with E-state index in [1.165, 1.54) is 11.0 Å². The average molecular weight is 546 g/mol. The molecule has 2 aromatic carbocycles. The molecule has 9 nitrogen and oxygen atoms in total. The molecule has 2 aromatic rings. The van der Waals surface area contributed by atoms with Gasteiger partial charge in [0.2, 0.25) is 0 Å². The van der Waals surface area contributed by atoms with E-state index >= 15 is 0 Å². The van der Waals surface area contributed by atoms with E-state index < -0.39 is 40.4 Å². The Bertz CT molecular complexity index is 1130. The van der Waals surface area contributed by atoms with Gasteiger partial charge in [-0.25, -0.2) is 4.79 Å². The van der Waals surface area contributed by atoms with Crippen molar-refractivity contribution in [3.05, 3.63) is 62.7 Å². The van der Waals surface area contributed by atoms with Gasteiger partial charge in [0.1, 0.15) is 17.1 Å². The largest absolute Gasteiger partial charge is 0.456 e. The van der Waals surface area contributed by atoms with E-state index in [4.69, 9.17) is 21.1 Å². The van der Waals surface area contributed by atoms with Gasteiger partial charge in [-0.05, 0) is 44.5 Å². The summed E-state index contributed by atoms with van der Waals surface area (Å²) in [4.78, 5) is 37.2. The quantitative estimate of drug-likeness (QED) is 0.257. The lowest BCUT2D eigenvalue weighted by Gasteiger charge is -2.20. The minimum Gasteiger partial charge on any atom is -0.456 e. The van der Waals surface area contributed by atoms with Crippen molar-refractivity contribution < 1.29 is 37.2 Å². The highest BCUT2D eigenvalue weighted by Crippen LogP contribution is 2.37. The van der Waals surface area contributed by atoms with Crippen molar-refractivity contribution in [2.75, 3.05) is 19.7 Å². The van der Waals surface area contributed by atoms with Crippen LogP contribution in [0.25, 0.3) is 0 Å². The van der Waals surface area contributed by atoms with Crippen molar-refractivity contribution in [2.45, 2.75) is 45.8 Å². The van der Waals surface area contributed by atoms with Crippen molar-refractivity contribution in [3.8, 4) is 11.5 Å². The van der Waals surface area contributed by atoms with E-state index in [9.17, 15) is 32.9 Å². The second-order valence-electron chi connectivity index (χ2n) is 7.84. The van der Waals surface area contributed by atoms with Gasteiger partial charge in [0.05, 0.1) is 22.1 Å². The predicted octanol–water partition coefficient (Wildman–Crippen LogP) is 6.44. The molecule has 0 fully saturated rings. The average Bonchev–Trinajstić information content (AvgIpc) is 2.84. The Kier molecular flexibility index (Phi) is 10.5.